The van der Waals surface area contributed by atoms with E-state index in [9.17, 15) is 19.6 Å². The van der Waals surface area contributed by atoms with Gasteiger partial charge in [0.25, 0.3) is 0 Å². The van der Waals surface area contributed by atoms with Crippen molar-refractivity contribution in [2.75, 3.05) is 31.2 Å². The number of halogens is 1. The number of carbonyl (C=O) groups excluding carboxylic acids is 3. The first-order valence-corrected chi connectivity index (χ1v) is 22.7. The molecule has 6 rings (SSSR count). The van der Waals surface area contributed by atoms with Gasteiger partial charge >= 0.3 is 0 Å². The third-order valence-corrected chi connectivity index (χ3v) is 12.8. The summed E-state index contributed by atoms with van der Waals surface area (Å²) in [4.78, 5) is 45.9. The van der Waals surface area contributed by atoms with Crippen LogP contribution in [-0.2, 0) is 23.4 Å². The van der Waals surface area contributed by atoms with Crippen LogP contribution in [-0.4, -0.2) is 71.2 Å². The highest BCUT2D eigenvalue weighted by Gasteiger charge is 2.42. The Kier molecular flexibility index (Phi) is 15.6. The highest BCUT2D eigenvalue weighted by molar-refractivity contribution is 8.04. The predicted octanol–water partition coefficient (Wildman–Crippen LogP) is 9.12. The third kappa shape index (κ3) is 11.4. The molecule has 0 saturated carbocycles. The predicted molar refractivity (Wildman–Crippen MR) is 250 cm³/mol. The Morgan fingerprint density at radius 3 is 2.43 bits per heavy atom. The molecular weight excluding hydrogens is 836 g/mol. The molecule has 3 amide bonds. The number of hydrogen-bond acceptors (Lipinski definition) is 10. The molecule has 0 unspecified atom stereocenters. The fraction of sp³-hybridized carbons (Fsp3) is 0.438. The van der Waals surface area contributed by atoms with Crippen LogP contribution in [0.3, 0.4) is 0 Å². The number of unbranched alkanes of at least 4 members (excludes halogenated alkanes) is 2. The van der Waals surface area contributed by atoms with Crippen molar-refractivity contribution < 1.29 is 23.4 Å². The molecule has 1 aromatic heterocycles. The topological polar surface area (TPSA) is 165 Å². The molecule has 0 spiro atoms. The smallest absolute Gasteiger partial charge is 0.246 e. The number of aromatic amines is 1. The Balaban J connectivity index is 1.00. The Morgan fingerprint density at radius 2 is 1.78 bits per heavy atom. The monoisotopic (exact) mass is 894 g/mol. The minimum absolute atomic E-state index is 0.187. The Hall–Kier alpha value is -5.33. The van der Waals surface area contributed by atoms with Gasteiger partial charge in [-0.15, -0.1) is 0 Å². The summed E-state index contributed by atoms with van der Waals surface area (Å²) in [6.07, 6.45) is 3.61. The van der Waals surface area contributed by atoms with Crippen molar-refractivity contribution in [3.05, 3.63) is 105 Å². The number of aromatic nitrogens is 2. The van der Waals surface area contributed by atoms with Crippen molar-refractivity contribution in [1.29, 1.82) is 5.26 Å². The maximum absolute atomic E-state index is 14.1. The highest BCUT2D eigenvalue weighted by Crippen LogP contribution is 2.37. The molecule has 63 heavy (non-hydrogen) atoms. The number of nitrogens with zero attached hydrogens (tertiary/aromatic N) is 4. The second kappa shape index (κ2) is 20.9. The second-order valence-corrected chi connectivity index (χ2v) is 18.6. The van der Waals surface area contributed by atoms with Gasteiger partial charge in [-0.1, -0.05) is 68.8 Å². The molecule has 4 N–H and O–H groups in total. The summed E-state index contributed by atoms with van der Waals surface area (Å²) in [7, 11) is 0. The molecule has 1 fully saturated rings. The van der Waals surface area contributed by atoms with Crippen LogP contribution >= 0.6 is 23.6 Å². The number of nitrogens with one attached hydrogen (secondary N) is 4. The third-order valence-electron chi connectivity index (χ3n) is 11.7. The van der Waals surface area contributed by atoms with Gasteiger partial charge in [-0.2, -0.15) is 14.6 Å². The summed E-state index contributed by atoms with van der Waals surface area (Å²) < 4.78 is 11.1. The SMILES string of the molecule is CC1=C(c2ccc([C@H](C)NC(=O)[C@@H]3CCCN3C(=O)[C@@H](NC(=O)COCCCCCN(c3ccc(C#N)c(Cl)c3)c3cc(-c4c(C)n[nH]c4C)ccc3C)C(C)(C)C)cc2)SON1. The largest absolute Gasteiger partial charge is 0.372 e. The van der Waals surface area contributed by atoms with Gasteiger partial charge in [0.05, 0.1) is 45.0 Å². The molecule has 3 heterocycles. The lowest BCUT2D eigenvalue weighted by atomic mass is 9.85. The first kappa shape index (κ1) is 47.2. The van der Waals surface area contributed by atoms with Gasteiger partial charge < -0.3 is 25.2 Å². The van der Waals surface area contributed by atoms with E-state index in [-0.39, 0.29) is 30.4 Å². The lowest BCUT2D eigenvalue weighted by molar-refractivity contribution is -0.144. The van der Waals surface area contributed by atoms with Crippen LogP contribution < -0.4 is 21.0 Å². The average Bonchev–Trinajstić information content (AvgIpc) is 4.01. The van der Waals surface area contributed by atoms with E-state index in [0.717, 1.165) is 80.4 Å². The number of H-pyrrole nitrogens is 1. The van der Waals surface area contributed by atoms with Gasteiger partial charge in [-0.25, -0.2) is 0 Å². The van der Waals surface area contributed by atoms with Crippen LogP contribution in [0, 0.1) is 37.5 Å². The summed E-state index contributed by atoms with van der Waals surface area (Å²) in [6, 6.07) is 20.3. The van der Waals surface area contributed by atoms with Crippen LogP contribution in [0.1, 0.15) is 106 Å². The molecule has 15 heteroatoms. The molecule has 0 aliphatic carbocycles. The number of rotatable bonds is 17. The number of amides is 3. The molecule has 3 atom stereocenters. The Bertz CT molecular complexity index is 2350. The number of allylic oxidation sites excluding steroid dienone is 1. The van der Waals surface area contributed by atoms with E-state index in [1.165, 1.54) is 12.0 Å². The van der Waals surface area contributed by atoms with E-state index in [0.29, 0.717) is 43.1 Å². The summed E-state index contributed by atoms with van der Waals surface area (Å²) in [5.41, 5.74) is 12.6. The average molecular weight is 896 g/mol. The molecule has 1 saturated heterocycles. The number of nitriles is 1. The molecule has 4 aromatic rings. The van der Waals surface area contributed by atoms with E-state index in [1.807, 2.05) is 84.9 Å². The number of anilines is 2. The number of likely N-dealkylation sites (tertiary alicyclic amines) is 1. The summed E-state index contributed by atoms with van der Waals surface area (Å²) >= 11 is 7.81. The summed E-state index contributed by atoms with van der Waals surface area (Å²) in [5, 5.41) is 23.4. The molecule has 0 bridgehead atoms. The maximum atomic E-state index is 14.1. The maximum Gasteiger partial charge on any atom is 0.246 e. The van der Waals surface area contributed by atoms with E-state index < -0.39 is 17.5 Å². The lowest BCUT2D eigenvalue weighted by Gasteiger charge is -2.35. The number of carbonyl (C=O) groups is 3. The van der Waals surface area contributed by atoms with Crippen LogP contribution in [0.15, 0.2) is 66.4 Å². The highest BCUT2D eigenvalue weighted by atomic mass is 35.5. The number of ether oxygens (including phenoxy) is 1. The molecule has 334 valence electrons. The van der Waals surface area contributed by atoms with Crippen LogP contribution in [0.4, 0.5) is 11.4 Å². The van der Waals surface area contributed by atoms with Gasteiger partial charge in [0.2, 0.25) is 17.7 Å². The fourth-order valence-corrected chi connectivity index (χ4v) is 9.00. The van der Waals surface area contributed by atoms with Gasteiger partial charge in [0.15, 0.2) is 0 Å². The summed E-state index contributed by atoms with van der Waals surface area (Å²) in [5.74, 6) is -0.871. The summed E-state index contributed by atoms with van der Waals surface area (Å²) in [6.45, 7) is 17.0. The van der Waals surface area contributed by atoms with Crippen LogP contribution in [0.2, 0.25) is 5.02 Å². The zero-order chi connectivity index (χ0) is 45.4. The molecule has 13 nitrogen and oxygen atoms in total. The number of aryl methyl sites for hydroxylation is 3. The van der Waals surface area contributed by atoms with Crippen LogP contribution in [0.5, 0.6) is 0 Å². The van der Waals surface area contributed by atoms with E-state index >= 15 is 0 Å². The minimum atomic E-state index is -0.846. The van der Waals surface area contributed by atoms with Gasteiger partial charge in [-0.05, 0) is 119 Å². The van der Waals surface area contributed by atoms with Gasteiger partial charge in [0.1, 0.15) is 24.8 Å². The Morgan fingerprint density at radius 1 is 1.03 bits per heavy atom. The van der Waals surface area contributed by atoms with Crippen molar-refractivity contribution in [3.8, 4) is 17.2 Å². The van der Waals surface area contributed by atoms with E-state index in [1.54, 1.807) is 11.0 Å². The van der Waals surface area contributed by atoms with Crippen molar-refractivity contribution in [1.82, 2.24) is 31.2 Å². The Labute approximate surface area is 380 Å². The standard InChI is InChI=1S/C48H59ClN8O5S/c1-29-14-15-36(43-31(3)53-54-32(43)4)25-41(29)56(38-21-20-37(27-50)39(49)26-38)22-10-9-11-24-61-28-42(58)52-45(48(6,7)8)47(60)57-23-12-13-40(57)46(59)51-30(2)34-16-18-35(19-17-34)44-33(5)55-62-63-44/h14-21,25-26,30,40,45,55H,9-13,22-24,28H2,1-8H3,(H,51,59)(H,52,58)(H,53,54)/t30-,40-,45+/m0/s1. The quantitative estimate of drug-likeness (QED) is 0.0594. The molecule has 3 aromatic carbocycles. The van der Waals surface area contributed by atoms with Crippen molar-refractivity contribution in [2.45, 2.75) is 106 Å². The molecule has 2 aliphatic heterocycles. The van der Waals surface area contributed by atoms with Crippen molar-refractivity contribution in [2.24, 2.45) is 5.41 Å². The second-order valence-electron chi connectivity index (χ2n) is 17.5. The van der Waals surface area contributed by atoms with Crippen molar-refractivity contribution >= 4 is 57.6 Å². The number of hydrogen-bond donors (Lipinski definition) is 4. The molecule has 2 aliphatic rings. The zero-order valence-corrected chi connectivity index (χ0v) is 39.1. The molecule has 0 radical (unpaired) electrons. The zero-order valence-electron chi connectivity index (χ0n) is 37.5. The van der Waals surface area contributed by atoms with Gasteiger partial charge in [0, 0.05) is 42.3 Å². The minimum Gasteiger partial charge on any atom is -0.372 e. The van der Waals surface area contributed by atoms with Crippen molar-refractivity contribution in [3.63, 3.8) is 0 Å². The first-order valence-electron chi connectivity index (χ1n) is 21.6. The fourth-order valence-electron chi connectivity index (χ4n) is 8.13. The number of benzene rings is 3. The molecular formula is C48H59ClN8O5S. The van der Waals surface area contributed by atoms with Gasteiger partial charge in [-0.3, -0.25) is 25.0 Å². The first-order chi connectivity index (χ1) is 30.1. The van der Waals surface area contributed by atoms with E-state index in [4.69, 9.17) is 20.6 Å². The van der Waals surface area contributed by atoms with E-state index in [2.05, 4.69) is 62.4 Å². The van der Waals surface area contributed by atoms with Crippen LogP contribution in [0.25, 0.3) is 16.0 Å². The number of hydroxylamine groups is 1. The lowest BCUT2D eigenvalue weighted by Crippen LogP contribution is -2.58. The normalized spacial score (nSPS) is 16.1.